The molecule has 0 saturated heterocycles. The van der Waals surface area contributed by atoms with Crippen LogP contribution in [0.2, 0.25) is 0 Å². The van der Waals surface area contributed by atoms with E-state index in [1.165, 1.54) is 24.9 Å². The lowest BCUT2D eigenvalue weighted by Gasteiger charge is -2.14. The molecule has 1 fully saturated rings. The highest BCUT2D eigenvalue weighted by atomic mass is 32.2. The van der Waals surface area contributed by atoms with Crippen LogP contribution in [0.1, 0.15) is 25.0 Å². The fourth-order valence-corrected chi connectivity index (χ4v) is 2.95. The summed E-state index contributed by atoms with van der Waals surface area (Å²) in [5, 5.41) is 4.44. The smallest absolute Gasteiger partial charge is 0.0393 e. The maximum absolute atomic E-state index is 4.20. The van der Waals surface area contributed by atoms with Gasteiger partial charge in [-0.15, -0.1) is 0 Å². The highest BCUT2D eigenvalue weighted by molar-refractivity contribution is 7.99. The van der Waals surface area contributed by atoms with Crippen LogP contribution in [0.25, 0.3) is 0 Å². The normalized spacial score (nSPS) is 25.5. The number of aromatic nitrogens is 1. The minimum absolute atomic E-state index is 0.657. The van der Waals surface area contributed by atoms with Gasteiger partial charge in [0.2, 0.25) is 0 Å². The number of pyridine rings is 1. The number of rotatable bonds is 3. The molecule has 3 heteroatoms. The predicted molar refractivity (Wildman–Crippen MR) is 67.5 cm³/mol. The van der Waals surface area contributed by atoms with Gasteiger partial charge in [-0.3, -0.25) is 4.98 Å². The van der Waals surface area contributed by atoms with Crippen LogP contribution in [0.15, 0.2) is 18.3 Å². The zero-order chi connectivity index (χ0) is 10.7. The van der Waals surface area contributed by atoms with Crippen molar-refractivity contribution in [3.05, 3.63) is 24.0 Å². The quantitative estimate of drug-likeness (QED) is 0.850. The standard InChI is InChI=1S/C12H18N2S/c1-9-7-11(5-6-13-9)14-10-3-4-12(8-10)15-2/h5-7,10,12H,3-4,8H2,1-2H3,(H,13,14). The molecule has 0 amide bonds. The third kappa shape index (κ3) is 2.88. The molecule has 1 N–H and O–H groups in total. The molecule has 2 nitrogen and oxygen atoms in total. The number of hydrogen-bond acceptors (Lipinski definition) is 3. The van der Waals surface area contributed by atoms with Crippen LogP contribution in [0.5, 0.6) is 0 Å². The van der Waals surface area contributed by atoms with Crippen LogP contribution in [0.4, 0.5) is 5.69 Å². The molecule has 1 aromatic rings. The molecule has 0 radical (unpaired) electrons. The number of aryl methyl sites for hydroxylation is 1. The van der Waals surface area contributed by atoms with E-state index in [0.29, 0.717) is 6.04 Å². The van der Waals surface area contributed by atoms with Gasteiger partial charge in [0.25, 0.3) is 0 Å². The predicted octanol–water partition coefficient (Wildman–Crippen LogP) is 3.09. The Labute approximate surface area is 95.9 Å². The molecule has 0 aromatic carbocycles. The van der Waals surface area contributed by atoms with Crippen molar-refractivity contribution >= 4 is 17.4 Å². The molecule has 2 rings (SSSR count). The number of hydrogen-bond donors (Lipinski definition) is 1. The minimum Gasteiger partial charge on any atom is -0.382 e. The van der Waals surface area contributed by atoms with Gasteiger partial charge in [0, 0.05) is 28.9 Å². The molecule has 0 spiro atoms. The van der Waals surface area contributed by atoms with E-state index in [1.54, 1.807) is 0 Å². The van der Waals surface area contributed by atoms with Gasteiger partial charge in [0.15, 0.2) is 0 Å². The summed E-state index contributed by atoms with van der Waals surface area (Å²) in [4.78, 5) is 4.20. The Morgan fingerprint density at radius 1 is 1.47 bits per heavy atom. The zero-order valence-corrected chi connectivity index (χ0v) is 10.2. The Balaban J connectivity index is 1.92. The van der Waals surface area contributed by atoms with Gasteiger partial charge in [-0.05, 0) is 44.6 Å². The van der Waals surface area contributed by atoms with E-state index < -0.39 is 0 Å². The van der Waals surface area contributed by atoms with Gasteiger partial charge < -0.3 is 5.32 Å². The van der Waals surface area contributed by atoms with Crippen molar-refractivity contribution in [1.82, 2.24) is 4.98 Å². The molecule has 15 heavy (non-hydrogen) atoms. The first-order valence-electron chi connectivity index (χ1n) is 5.50. The Kier molecular flexibility index (Phi) is 3.52. The lowest BCUT2D eigenvalue weighted by atomic mass is 10.2. The molecular weight excluding hydrogens is 204 g/mol. The van der Waals surface area contributed by atoms with Gasteiger partial charge in [-0.25, -0.2) is 0 Å². The van der Waals surface area contributed by atoms with Gasteiger partial charge in [0.1, 0.15) is 0 Å². The average molecular weight is 222 g/mol. The van der Waals surface area contributed by atoms with Crippen molar-refractivity contribution < 1.29 is 0 Å². The summed E-state index contributed by atoms with van der Waals surface area (Å²) >= 11 is 2.00. The monoisotopic (exact) mass is 222 g/mol. The van der Waals surface area contributed by atoms with Gasteiger partial charge in [-0.1, -0.05) is 0 Å². The van der Waals surface area contributed by atoms with Crippen LogP contribution in [-0.4, -0.2) is 22.5 Å². The first-order valence-corrected chi connectivity index (χ1v) is 6.78. The summed E-state index contributed by atoms with van der Waals surface area (Å²) in [5.74, 6) is 0. The summed E-state index contributed by atoms with van der Waals surface area (Å²) < 4.78 is 0. The van der Waals surface area contributed by atoms with E-state index in [0.717, 1.165) is 10.9 Å². The molecule has 1 aliphatic carbocycles. The first kappa shape index (κ1) is 10.8. The molecule has 0 aliphatic heterocycles. The second kappa shape index (κ2) is 4.88. The van der Waals surface area contributed by atoms with Gasteiger partial charge >= 0.3 is 0 Å². The molecule has 1 saturated carbocycles. The van der Waals surface area contributed by atoms with Crippen LogP contribution in [0.3, 0.4) is 0 Å². The average Bonchev–Trinajstić information content (AvgIpc) is 2.65. The third-order valence-corrected chi connectivity index (χ3v) is 4.08. The molecule has 0 bridgehead atoms. The molecular formula is C12H18N2S. The number of thioether (sulfide) groups is 1. The summed E-state index contributed by atoms with van der Waals surface area (Å²) in [6.07, 6.45) is 8.03. The maximum Gasteiger partial charge on any atom is 0.0393 e. The van der Waals surface area contributed by atoms with Crippen molar-refractivity contribution in [2.75, 3.05) is 11.6 Å². The van der Waals surface area contributed by atoms with Crippen molar-refractivity contribution in [2.24, 2.45) is 0 Å². The summed E-state index contributed by atoms with van der Waals surface area (Å²) in [5.41, 5.74) is 2.30. The Bertz CT molecular complexity index is 327. The van der Waals surface area contributed by atoms with Crippen molar-refractivity contribution in [2.45, 2.75) is 37.5 Å². The second-order valence-corrected chi connectivity index (χ2v) is 5.34. The topological polar surface area (TPSA) is 24.9 Å². The van der Waals surface area contributed by atoms with Crippen molar-refractivity contribution in [3.63, 3.8) is 0 Å². The summed E-state index contributed by atoms with van der Waals surface area (Å²) in [7, 11) is 0. The summed E-state index contributed by atoms with van der Waals surface area (Å²) in [6.45, 7) is 2.03. The molecule has 1 aromatic heterocycles. The van der Waals surface area contributed by atoms with E-state index in [9.17, 15) is 0 Å². The SMILES string of the molecule is CSC1CCC(Nc2ccnc(C)c2)C1. The molecule has 2 unspecified atom stereocenters. The Morgan fingerprint density at radius 3 is 3.00 bits per heavy atom. The second-order valence-electron chi connectivity index (χ2n) is 4.20. The lowest BCUT2D eigenvalue weighted by Crippen LogP contribution is -2.15. The minimum atomic E-state index is 0.657. The van der Waals surface area contributed by atoms with E-state index in [-0.39, 0.29) is 0 Å². The number of anilines is 1. The number of nitrogens with zero attached hydrogens (tertiary/aromatic N) is 1. The van der Waals surface area contributed by atoms with E-state index >= 15 is 0 Å². The zero-order valence-electron chi connectivity index (χ0n) is 9.36. The highest BCUT2D eigenvalue weighted by Crippen LogP contribution is 2.30. The van der Waals surface area contributed by atoms with Gasteiger partial charge in [-0.2, -0.15) is 11.8 Å². The molecule has 82 valence electrons. The lowest BCUT2D eigenvalue weighted by molar-refractivity contribution is 0.756. The summed E-state index contributed by atoms with van der Waals surface area (Å²) in [6, 6.07) is 4.83. The van der Waals surface area contributed by atoms with Crippen LogP contribution >= 0.6 is 11.8 Å². The molecule has 1 heterocycles. The molecule has 2 atom stereocenters. The van der Waals surface area contributed by atoms with Gasteiger partial charge in [0.05, 0.1) is 0 Å². The van der Waals surface area contributed by atoms with E-state index in [4.69, 9.17) is 0 Å². The maximum atomic E-state index is 4.20. The fourth-order valence-electron chi connectivity index (χ4n) is 2.16. The first-order chi connectivity index (χ1) is 7.28. The fraction of sp³-hybridized carbons (Fsp3) is 0.583. The van der Waals surface area contributed by atoms with Crippen LogP contribution in [-0.2, 0) is 0 Å². The van der Waals surface area contributed by atoms with Crippen molar-refractivity contribution in [1.29, 1.82) is 0 Å². The number of nitrogens with one attached hydrogen (secondary N) is 1. The largest absolute Gasteiger partial charge is 0.382 e. The van der Waals surface area contributed by atoms with Crippen molar-refractivity contribution in [3.8, 4) is 0 Å². The van der Waals surface area contributed by atoms with E-state index in [2.05, 4.69) is 28.7 Å². The third-order valence-electron chi connectivity index (χ3n) is 2.99. The van der Waals surface area contributed by atoms with Crippen LogP contribution < -0.4 is 5.32 Å². The van der Waals surface area contributed by atoms with E-state index in [1.807, 2.05) is 24.9 Å². The Hall–Kier alpha value is -0.700. The molecule has 1 aliphatic rings. The Morgan fingerprint density at radius 2 is 2.33 bits per heavy atom. The van der Waals surface area contributed by atoms with Crippen LogP contribution in [0, 0.1) is 6.92 Å². The highest BCUT2D eigenvalue weighted by Gasteiger charge is 2.23.